The van der Waals surface area contributed by atoms with Gasteiger partial charge in [-0.3, -0.25) is 9.59 Å². The zero-order valence-electron chi connectivity index (χ0n) is 14.8. The summed E-state index contributed by atoms with van der Waals surface area (Å²) in [5.41, 5.74) is 4.69. The summed E-state index contributed by atoms with van der Waals surface area (Å²) in [5.74, 6) is -0.327. The number of hydrogen-bond acceptors (Lipinski definition) is 3. The monoisotopic (exact) mass is 373 g/mol. The zero-order chi connectivity index (χ0) is 17.6. The molecule has 0 aromatic heterocycles. The van der Waals surface area contributed by atoms with Gasteiger partial charge in [0.2, 0.25) is 0 Å². The largest absolute Gasteiger partial charge is 0.352 e. The van der Waals surface area contributed by atoms with Crippen molar-refractivity contribution in [3.05, 3.63) is 70.3 Å². The first-order valence-electron chi connectivity index (χ1n) is 8.65. The summed E-state index contributed by atoms with van der Waals surface area (Å²) in [6.45, 7) is 4.89. The SMILES string of the molecule is CCCNC(=O)c1cccc(C(=O)NCc2ccc3c(c2)CNC3)c1.Cl. The second-order valence-corrected chi connectivity index (χ2v) is 6.23. The van der Waals surface area contributed by atoms with Crippen LogP contribution in [0.2, 0.25) is 0 Å². The number of amides is 2. The maximum Gasteiger partial charge on any atom is 0.251 e. The van der Waals surface area contributed by atoms with Crippen LogP contribution in [0.25, 0.3) is 0 Å². The molecule has 1 aliphatic rings. The lowest BCUT2D eigenvalue weighted by Gasteiger charge is -2.09. The van der Waals surface area contributed by atoms with Gasteiger partial charge in [0.25, 0.3) is 11.8 Å². The van der Waals surface area contributed by atoms with Gasteiger partial charge in [0, 0.05) is 37.3 Å². The van der Waals surface area contributed by atoms with Crippen molar-refractivity contribution in [2.45, 2.75) is 33.0 Å². The number of fused-ring (bicyclic) bond motifs is 1. The third-order valence-electron chi connectivity index (χ3n) is 4.28. The molecule has 0 fully saturated rings. The molecule has 0 atom stereocenters. The minimum absolute atomic E-state index is 0. The zero-order valence-corrected chi connectivity index (χ0v) is 15.6. The lowest BCUT2D eigenvalue weighted by molar-refractivity contribution is 0.0950. The summed E-state index contributed by atoms with van der Waals surface area (Å²) in [7, 11) is 0. The molecule has 5 nitrogen and oxygen atoms in total. The van der Waals surface area contributed by atoms with Gasteiger partial charge in [-0.2, -0.15) is 0 Å². The molecule has 2 amide bonds. The van der Waals surface area contributed by atoms with Gasteiger partial charge in [-0.25, -0.2) is 0 Å². The molecule has 0 unspecified atom stereocenters. The Kier molecular flexibility index (Phi) is 7.18. The van der Waals surface area contributed by atoms with E-state index in [-0.39, 0.29) is 24.2 Å². The van der Waals surface area contributed by atoms with Crippen molar-refractivity contribution in [2.75, 3.05) is 6.54 Å². The topological polar surface area (TPSA) is 70.2 Å². The van der Waals surface area contributed by atoms with Gasteiger partial charge in [-0.05, 0) is 41.3 Å². The molecule has 3 rings (SSSR count). The number of benzene rings is 2. The summed E-state index contributed by atoms with van der Waals surface area (Å²) in [6, 6.07) is 13.1. The molecule has 0 spiro atoms. The molecular weight excluding hydrogens is 350 g/mol. The van der Waals surface area contributed by atoms with Crippen LogP contribution < -0.4 is 16.0 Å². The molecule has 2 aromatic rings. The van der Waals surface area contributed by atoms with E-state index in [1.165, 1.54) is 11.1 Å². The van der Waals surface area contributed by atoms with Crippen LogP contribution in [0.3, 0.4) is 0 Å². The van der Waals surface area contributed by atoms with Crippen molar-refractivity contribution in [2.24, 2.45) is 0 Å². The van der Waals surface area contributed by atoms with Gasteiger partial charge in [-0.15, -0.1) is 12.4 Å². The standard InChI is InChI=1S/C20H23N3O2.ClH/c1-2-8-22-19(24)15-4-3-5-16(10-15)20(25)23-11-14-6-7-17-12-21-13-18(17)9-14;/h3-7,9-10,21H,2,8,11-13H2,1H3,(H,22,24)(H,23,25);1H. The molecule has 26 heavy (non-hydrogen) atoms. The van der Waals surface area contributed by atoms with Crippen LogP contribution in [-0.4, -0.2) is 18.4 Å². The van der Waals surface area contributed by atoms with E-state index < -0.39 is 0 Å². The quantitative estimate of drug-likeness (QED) is 0.729. The van der Waals surface area contributed by atoms with Crippen LogP contribution in [0.5, 0.6) is 0 Å². The summed E-state index contributed by atoms with van der Waals surface area (Å²) in [6.07, 6.45) is 0.877. The summed E-state index contributed by atoms with van der Waals surface area (Å²) in [4.78, 5) is 24.4. The molecule has 138 valence electrons. The minimum atomic E-state index is -0.177. The smallest absolute Gasteiger partial charge is 0.251 e. The molecular formula is C20H24ClN3O2. The van der Waals surface area contributed by atoms with Gasteiger partial charge >= 0.3 is 0 Å². The lowest BCUT2D eigenvalue weighted by Crippen LogP contribution is -2.26. The fourth-order valence-corrected chi connectivity index (χ4v) is 2.88. The molecule has 0 saturated heterocycles. The Morgan fingerprint density at radius 1 is 0.962 bits per heavy atom. The Morgan fingerprint density at radius 3 is 2.38 bits per heavy atom. The third-order valence-corrected chi connectivity index (χ3v) is 4.28. The Balaban J connectivity index is 0.00000243. The van der Waals surface area contributed by atoms with Crippen molar-refractivity contribution in [1.29, 1.82) is 0 Å². The highest BCUT2D eigenvalue weighted by molar-refractivity contribution is 5.99. The average molecular weight is 374 g/mol. The first-order valence-corrected chi connectivity index (χ1v) is 8.65. The van der Waals surface area contributed by atoms with Crippen molar-refractivity contribution in [1.82, 2.24) is 16.0 Å². The fraction of sp³-hybridized carbons (Fsp3) is 0.300. The van der Waals surface area contributed by atoms with Crippen LogP contribution in [0.1, 0.15) is 50.8 Å². The predicted octanol–water partition coefficient (Wildman–Crippen LogP) is 2.78. The number of nitrogens with one attached hydrogen (secondary N) is 3. The normalized spacial score (nSPS) is 12.0. The van der Waals surface area contributed by atoms with E-state index in [9.17, 15) is 9.59 Å². The van der Waals surface area contributed by atoms with Gasteiger partial charge in [-0.1, -0.05) is 31.2 Å². The highest BCUT2D eigenvalue weighted by Gasteiger charge is 2.12. The van der Waals surface area contributed by atoms with Crippen LogP contribution >= 0.6 is 12.4 Å². The van der Waals surface area contributed by atoms with E-state index in [4.69, 9.17) is 0 Å². The maximum absolute atomic E-state index is 12.4. The van der Waals surface area contributed by atoms with Crippen molar-refractivity contribution in [3.8, 4) is 0 Å². The van der Waals surface area contributed by atoms with Crippen molar-refractivity contribution in [3.63, 3.8) is 0 Å². The van der Waals surface area contributed by atoms with E-state index in [0.717, 1.165) is 25.1 Å². The maximum atomic E-state index is 12.4. The van der Waals surface area contributed by atoms with Gasteiger partial charge in [0.15, 0.2) is 0 Å². The molecule has 1 heterocycles. The van der Waals surface area contributed by atoms with E-state index in [1.807, 2.05) is 13.0 Å². The number of halogens is 1. The Bertz CT molecular complexity index is 792. The minimum Gasteiger partial charge on any atom is -0.352 e. The first kappa shape index (κ1) is 19.9. The number of hydrogen-bond donors (Lipinski definition) is 3. The second-order valence-electron chi connectivity index (χ2n) is 6.23. The highest BCUT2D eigenvalue weighted by atomic mass is 35.5. The molecule has 0 saturated carbocycles. The third kappa shape index (κ3) is 4.84. The van der Waals surface area contributed by atoms with E-state index in [1.54, 1.807) is 24.3 Å². The molecule has 6 heteroatoms. The average Bonchev–Trinajstić information content (AvgIpc) is 3.12. The van der Waals surface area contributed by atoms with E-state index in [0.29, 0.717) is 24.2 Å². The Hall–Kier alpha value is -2.37. The molecule has 3 N–H and O–H groups in total. The summed E-state index contributed by atoms with van der Waals surface area (Å²) >= 11 is 0. The van der Waals surface area contributed by atoms with Crippen LogP contribution in [0, 0.1) is 0 Å². The van der Waals surface area contributed by atoms with Gasteiger partial charge in [0.05, 0.1) is 0 Å². The molecule has 0 aliphatic carbocycles. The Morgan fingerprint density at radius 2 is 1.65 bits per heavy atom. The lowest BCUT2D eigenvalue weighted by atomic mass is 10.1. The van der Waals surface area contributed by atoms with E-state index >= 15 is 0 Å². The highest BCUT2D eigenvalue weighted by Crippen LogP contribution is 2.17. The van der Waals surface area contributed by atoms with Gasteiger partial charge < -0.3 is 16.0 Å². The molecule has 2 aromatic carbocycles. The molecule has 0 radical (unpaired) electrons. The number of carbonyl (C=O) groups is 2. The second kappa shape index (κ2) is 9.36. The van der Waals surface area contributed by atoms with Crippen LogP contribution in [0.4, 0.5) is 0 Å². The molecule has 1 aliphatic heterocycles. The predicted molar refractivity (Wildman–Crippen MR) is 104 cm³/mol. The van der Waals surface area contributed by atoms with E-state index in [2.05, 4.69) is 28.1 Å². The Labute approximate surface area is 160 Å². The van der Waals surface area contributed by atoms with Crippen LogP contribution in [0.15, 0.2) is 42.5 Å². The summed E-state index contributed by atoms with van der Waals surface area (Å²) < 4.78 is 0. The number of rotatable bonds is 6. The van der Waals surface area contributed by atoms with Crippen molar-refractivity contribution < 1.29 is 9.59 Å². The fourth-order valence-electron chi connectivity index (χ4n) is 2.88. The molecule has 0 bridgehead atoms. The van der Waals surface area contributed by atoms with Gasteiger partial charge in [0.1, 0.15) is 0 Å². The van der Waals surface area contributed by atoms with Crippen molar-refractivity contribution >= 4 is 24.2 Å². The van der Waals surface area contributed by atoms with Crippen LogP contribution in [-0.2, 0) is 19.6 Å². The number of carbonyl (C=O) groups excluding carboxylic acids is 2. The first-order chi connectivity index (χ1) is 12.2. The summed E-state index contributed by atoms with van der Waals surface area (Å²) in [5, 5.41) is 9.06.